The number of nitrogens with zero attached hydrogens (tertiary/aromatic N) is 1. The van der Waals surface area contributed by atoms with Crippen molar-refractivity contribution in [1.82, 2.24) is 0 Å². The van der Waals surface area contributed by atoms with Crippen LogP contribution in [-0.4, -0.2) is 24.6 Å². The van der Waals surface area contributed by atoms with Crippen molar-refractivity contribution >= 4 is 17.5 Å². The van der Waals surface area contributed by atoms with Gasteiger partial charge >= 0.3 is 5.97 Å². The number of fused-ring (bicyclic) bond motifs is 7. The molecule has 0 aliphatic heterocycles. The van der Waals surface area contributed by atoms with Crippen LogP contribution in [-0.2, 0) is 19.1 Å². The van der Waals surface area contributed by atoms with E-state index >= 15 is 0 Å². The lowest BCUT2D eigenvalue weighted by Gasteiger charge is -2.68. The predicted octanol–water partition coefficient (Wildman–Crippen LogP) is 6.38. The van der Waals surface area contributed by atoms with Crippen molar-refractivity contribution in [3.63, 3.8) is 0 Å². The van der Waals surface area contributed by atoms with Gasteiger partial charge in [0.1, 0.15) is 6.07 Å². The molecule has 0 unspecified atom stereocenters. The van der Waals surface area contributed by atoms with Crippen molar-refractivity contribution in [2.45, 2.75) is 93.4 Å². The monoisotopic (exact) mass is 505 g/mol. The van der Waals surface area contributed by atoms with Gasteiger partial charge in [0, 0.05) is 16.7 Å². The number of carbonyl (C=O) groups is 3. The molecule has 37 heavy (non-hydrogen) atoms. The molecule has 5 heteroatoms. The zero-order valence-electron chi connectivity index (χ0n) is 23.9. The quantitative estimate of drug-likeness (QED) is 0.386. The van der Waals surface area contributed by atoms with Crippen LogP contribution in [0.5, 0.6) is 0 Å². The third-order valence-corrected chi connectivity index (χ3v) is 12.5. The molecular weight excluding hydrogens is 462 g/mol. The molecule has 200 valence electrons. The maximum atomic E-state index is 14.4. The third kappa shape index (κ3) is 3.11. The topological polar surface area (TPSA) is 84.2 Å². The van der Waals surface area contributed by atoms with Crippen molar-refractivity contribution in [3.05, 3.63) is 23.3 Å². The van der Waals surface area contributed by atoms with Crippen molar-refractivity contribution < 1.29 is 19.1 Å². The molecule has 0 bridgehead atoms. The fraction of sp³-hybridized carbons (Fsp3) is 0.750. The minimum Gasteiger partial charge on any atom is -0.469 e. The van der Waals surface area contributed by atoms with Crippen LogP contribution in [0.15, 0.2) is 23.3 Å². The van der Waals surface area contributed by atoms with Gasteiger partial charge in [-0.25, -0.2) is 0 Å². The SMILES string of the molecule is COC(=O)[C@@]12CCC(C)(C)C[C@@H]1[C@@H]1C(=O)C=C3[C@@]4(C)C=C(C#N)C(=O)C(C)(C)[C@@H]4CC[C@@]3(C)[C@@]1(C)CC2. The molecule has 0 saturated heterocycles. The summed E-state index contributed by atoms with van der Waals surface area (Å²) in [6, 6.07) is 2.17. The first-order chi connectivity index (χ1) is 17.0. The Kier molecular flexibility index (Phi) is 5.47. The number of Topliss-reactive ketones (excluding diaryl/α,β-unsaturated/α-hetero) is 1. The van der Waals surface area contributed by atoms with E-state index in [1.54, 1.807) is 0 Å². The zero-order chi connectivity index (χ0) is 27.4. The standard InChI is InChI=1S/C32H43NO4/c1-27(2)11-13-32(26(36)37-8)14-12-31(7)24(20(32)17-27)21(34)15-23-29(5)16-19(18-33)25(35)28(3,4)22(29)9-10-30(23,31)6/h15-16,20,22,24H,9-14,17H2,1-8H3/t20-,22+,24-,29+,30-,31+,32-/m1/s1. The molecule has 3 saturated carbocycles. The van der Waals surface area contributed by atoms with E-state index in [2.05, 4.69) is 40.7 Å². The molecule has 0 aromatic heterocycles. The number of hydrogen-bond acceptors (Lipinski definition) is 5. The van der Waals surface area contributed by atoms with Crippen LogP contribution in [0.1, 0.15) is 93.4 Å². The Morgan fingerprint density at radius 2 is 1.65 bits per heavy atom. The normalized spacial score (nSPS) is 45.6. The first-order valence-corrected chi connectivity index (χ1v) is 14.1. The van der Waals surface area contributed by atoms with Gasteiger partial charge in [0.05, 0.1) is 18.1 Å². The molecule has 7 atom stereocenters. The highest BCUT2D eigenvalue weighted by Crippen LogP contribution is 2.74. The van der Waals surface area contributed by atoms with E-state index in [0.717, 1.165) is 50.5 Å². The molecule has 0 aromatic rings. The van der Waals surface area contributed by atoms with Crippen molar-refractivity contribution in [2.24, 2.45) is 50.2 Å². The number of rotatable bonds is 1. The summed E-state index contributed by atoms with van der Waals surface area (Å²) in [6.45, 7) is 15.2. The fourth-order valence-electron chi connectivity index (χ4n) is 10.2. The third-order valence-electron chi connectivity index (χ3n) is 12.5. The summed E-state index contributed by atoms with van der Waals surface area (Å²) in [5, 5.41) is 9.86. The summed E-state index contributed by atoms with van der Waals surface area (Å²) in [5.41, 5.74) is -1.02. The second-order valence-electron chi connectivity index (χ2n) is 14.9. The summed E-state index contributed by atoms with van der Waals surface area (Å²) in [4.78, 5) is 40.9. The molecule has 0 N–H and O–H groups in total. The summed E-state index contributed by atoms with van der Waals surface area (Å²) in [7, 11) is 1.48. The van der Waals surface area contributed by atoms with Crippen molar-refractivity contribution in [1.29, 1.82) is 5.26 Å². The van der Waals surface area contributed by atoms with Crippen LogP contribution in [0.2, 0.25) is 0 Å². The lowest BCUT2D eigenvalue weighted by Crippen LogP contribution is -2.65. The molecule has 0 aromatic carbocycles. The summed E-state index contributed by atoms with van der Waals surface area (Å²) < 4.78 is 5.41. The molecule has 0 amide bonds. The Morgan fingerprint density at radius 1 is 1.00 bits per heavy atom. The highest BCUT2D eigenvalue weighted by Gasteiger charge is 2.71. The Morgan fingerprint density at radius 3 is 2.27 bits per heavy atom. The number of allylic oxidation sites excluding steroid dienone is 4. The first-order valence-electron chi connectivity index (χ1n) is 14.1. The van der Waals surface area contributed by atoms with E-state index in [0.29, 0.717) is 0 Å². The Balaban J connectivity index is 1.71. The molecular formula is C32H43NO4. The Hall–Kier alpha value is -2.22. The molecule has 0 heterocycles. The van der Waals surface area contributed by atoms with Crippen LogP contribution in [0.3, 0.4) is 0 Å². The van der Waals surface area contributed by atoms with Crippen molar-refractivity contribution in [2.75, 3.05) is 7.11 Å². The Bertz CT molecular complexity index is 1200. The lowest BCUT2D eigenvalue weighted by atomic mass is 9.34. The van der Waals surface area contributed by atoms with Gasteiger partial charge < -0.3 is 4.74 Å². The van der Waals surface area contributed by atoms with Gasteiger partial charge in [-0.2, -0.15) is 5.26 Å². The maximum absolute atomic E-state index is 14.4. The fourth-order valence-corrected chi connectivity index (χ4v) is 10.2. The Labute approximate surface area is 222 Å². The molecule has 3 fully saturated rings. The van der Waals surface area contributed by atoms with Crippen LogP contribution >= 0.6 is 0 Å². The average Bonchev–Trinajstić information content (AvgIpc) is 2.82. The first kappa shape index (κ1) is 26.4. The average molecular weight is 506 g/mol. The molecule has 5 aliphatic carbocycles. The van der Waals surface area contributed by atoms with Crippen LogP contribution < -0.4 is 0 Å². The van der Waals surface area contributed by atoms with E-state index in [9.17, 15) is 19.6 Å². The molecule has 5 nitrogen and oxygen atoms in total. The number of methoxy groups -OCH3 is 1. The lowest BCUT2D eigenvalue weighted by molar-refractivity contribution is -0.191. The van der Waals surface area contributed by atoms with E-state index in [1.807, 2.05) is 26.0 Å². The van der Waals surface area contributed by atoms with Gasteiger partial charge in [0.15, 0.2) is 11.6 Å². The van der Waals surface area contributed by atoms with Crippen LogP contribution in [0.4, 0.5) is 0 Å². The zero-order valence-corrected chi connectivity index (χ0v) is 23.9. The van der Waals surface area contributed by atoms with E-state index in [4.69, 9.17) is 4.74 Å². The summed E-state index contributed by atoms with van der Waals surface area (Å²) in [5.74, 6) is -0.376. The molecule has 5 aliphatic rings. The highest BCUT2D eigenvalue weighted by molar-refractivity contribution is 6.04. The van der Waals surface area contributed by atoms with Crippen LogP contribution in [0.25, 0.3) is 0 Å². The maximum Gasteiger partial charge on any atom is 0.312 e. The molecule has 0 radical (unpaired) electrons. The largest absolute Gasteiger partial charge is 0.469 e. The molecule has 0 spiro atoms. The summed E-state index contributed by atoms with van der Waals surface area (Å²) in [6.07, 6.45) is 9.65. The second-order valence-corrected chi connectivity index (χ2v) is 14.9. The van der Waals surface area contributed by atoms with Gasteiger partial charge in [0.25, 0.3) is 0 Å². The van der Waals surface area contributed by atoms with E-state index in [-0.39, 0.29) is 57.1 Å². The number of carbonyl (C=O) groups excluding carboxylic acids is 3. The minimum absolute atomic E-state index is 0.0308. The van der Waals surface area contributed by atoms with E-state index < -0.39 is 16.2 Å². The summed E-state index contributed by atoms with van der Waals surface area (Å²) >= 11 is 0. The van der Waals surface area contributed by atoms with Crippen molar-refractivity contribution in [3.8, 4) is 6.07 Å². The number of ketones is 2. The van der Waals surface area contributed by atoms with Gasteiger partial charge in [-0.3, -0.25) is 14.4 Å². The van der Waals surface area contributed by atoms with Gasteiger partial charge in [-0.05, 0) is 79.1 Å². The minimum atomic E-state index is -0.669. The molecule has 5 rings (SSSR count). The van der Waals surface area contributed by atoms with Gasteiger partial charge in [0.2, 0.25) is 0 Å². The second kappa shape index (κ2) is 7.67. The highest BCUT2D eigenvalue weighted by atomic mass is 16.5. The van der Waals surface area contributed by atoms with E-state index in [1.165, 1.54) is 7.11 Å². The number of ether oxygens (including phenoxy) is 1. The predicted molar refractivity (Wildman–Crippen MR) is 141 cm³/mol. The number of esters is 1. The van der Waals surface area contributed by atoms with Crippen LogP contribution in [0, 0.1) is 61.6 Å². The number of nitriles is 1. The number of hydrogen-bond donors (Lipinski definition) is 0. The van der Waals surface area contributed by atoms with Gasteiger partial charge in [-0.15, -0.1) is 0 Å². The smallest absolute Gasteiger partial charge is 0.312 e. The van der Waals surface area contributed by atoms with Gasteiger partial charge in [-0.1, -0.05) is 60.1 Å².